The summed E-state index contributed by atoms with van der Waals surface area (Å²) in [7, 11) is 0. The first-order chi connectivity index (χ1) is 13.3. The number of carbonyl (C=O) groups is 3. The lowest BCUT2D eigenvalue weighted by Gasteiger charge is -2.24. The zero-order chi connectivity index (χ0) is 20.3. The highest BCUT2D eigenvalue weighted by molar-refractivity contribution is 5.99. The van der Waals surface area contributed by atoms with E-state index in [9.17, 15) is 14.4 Å². The van der Waals surface area contributed by atoms with E-state index in [4.69, 9.17) is 5.11 Å². The second kappa shape index (κ2) is 8.25. The number of nitrogens with one attached hydrogen (secondary N) is 1. The molecule has 0 aliphatic carbocycles. The molecule has 1 heterocycles. The third-order valence-corrected chi connectivity index (χ3v) is 5.15. The number of hydrogen-bond donors (Lipinski definition) is 2. The Morgan fingerprint density at radius 3 is 2.39 bits per heavy atom. The molecule has 0 aromatic heterocycles. The largest absolute Gasteiger partial charge is 0.481 e. The second-order valence-electron chi connectivity index (χ2n) is 7.23. The van der Waals surface area contributed by atoms with Gasteiger partial charge in [0.2, 0.25) is 11.8 Å². The van der Waals surface area contributed by atoms with E-state index in [1.165, 1.54) is 0 Å². The summed E-state index contributed by atoms with van der Waals surface area (Å²) in [5.74, 6) is -1.75. The molecule has 28 heavy (non-hydrogen) atoms. The molecule has 2 aromatic carbocycles. The Labute approximate surface area is 164 Å². The summed E-state index contributed by atoms with van der Waals surface area (Å²) < 4.78 is 0. The first-order valence-electron chi connectivity index (χ1n) is 9.34. The van der Waals surface area contributed by atoms with E-state index in [-0.39, 0.29) is 11.8 Å². The standard InChI is InChI=1S/C22H24N2O4/c1-14-3-5-16(6-4-14)13-24-19(11-12-20(24)25)21(26)23-18-9-7-17(8-10-18)15(2)22(27)28/h3-10,15,19H,11-13H2,1-2H3,(H,23,26)(H,27,28). The Morgan fingerprint density at radius 2 is 1.79 bits per heavy atom. The lowest BCUT2D eigenvalue weighted by molar-refractivity contribution is -0.138. The van der Waals surface area contributed by atoms with Gasteiger partial charge in [-0.1, -0.05) is 42.0 Å². The van der Waals surface area contributed by atoms with Crippen LogP contribution in [0.3, 0.4) is 0 Å². The van der Waals surface area contributed by atoms with Crippen LogP contribution in [0.1, 0.15) is 42.4 Å². The van der Waals surface area contributed by atoms with Crippen molar-refractivity contribution in [1.29, 1.82) is 0 Å². The van der Waals surface area contributed by atoms with Gasteiger partial charge in [-0.3, -0.25) is 14.4 Å². The molecule has 1 saturated heterocycles. The molecule has 1 aliphatic heterocycles. The van der Waals surface area contributed by atoms with Gasteiger partial charge in [0.1, 0.15) is 6.04 Å². The van der Waals surface area contributed by atoms with Crippen molar-refractivity contribution in [2.24, 2.45) is 0 Å². The molecule has 3 rings (SSSR count). The van der Waals surface area contributed by atoms with E-state index in [0.29, 0.717) is 30.6 Å². The number of amides is 2. The second-order valence-corrected chi connectivity index (χ2v) is 7.23. The highest BCUT2D eigenvalue weighted by Gasteiger charge is 2.36. The molecule has 2 unspecified atom stereocenters. The molecular weight excluding hydrogens is 356 g/mol. The Morgan fingerprint density at radius 1 is 1.14 bits per heavy atom. The quantitative estimate of drug-likeness (QED) is 0.805. The molecule has 146 valence electrons. The fraction of sp³-hybridized carbons (Fsp3) is 0.318. The van der Waals surface area contributed by atoms with Crippen LogP contribution in [0.5, 0.6) is 0 Å². The third kappa shape index (κ3) is 4.39. The minimum absolute atomic E-state index is 0.0219. The van der Waals surface area contributed by atoms with Gasteiger partial charge in [-0.25, -0.2) is 0 Å². The van der Waals surface area contributed by atoms with Crippen molar-refractivity contribution in [1.82, 2.24) is 4.90 Å². The van der Waals surface area contributed by atoms with Crippen LogP contribution in [0.2, 0.25) is 0 Å². The smallest absolute Gasteiger partial charge is 0.310 e. The minimum atomic E-state index is -0.895. The number of benzene rings is 2. The lowest BCUT2D eigenvalue weighted by Crippen LogP contribution is -2.41. The van der Waals surface area contributed by atoms with Crippen molar-refractivity contribution in [2.45, 2.75) is 45.2 Å². The van der Waals surface area contributed by atoms with Crippen LogP contribution < -0.4 is 5.32 Å². The Balaban J connectivity index is 1.67. The van der Waals surface area contributed by atoms with Crippen LogP contribution in [0, 0.1) is 6.92 Å². The average molecular weight is 380 g/mol. The number of rotatable bonds is 6. The SMILES string of the molecule is Cc1ccc(CN2C(=O)CCC2C(=O)Nc2ccc(C(C)C(=O)O)cc2)cc1. The zero-order valence-electron chi connectivity index (χ0n) is 16.0. The molecule has 2 N–H and O–H groups in total. The predicted molar refractivity (Wildman–Crippen MR) is 106 cm³/mol. The van der Waals surface area contributed by atoms with E-state index in [0.717, 1.165) is 11.1 Å². The molecular formula is C22H24N2O4. The molecule has 2 amide bonds. The minimum Gasteiger partial charge on any atom is -0.481 e. The number of anilines is 1. The fourth-order valence-electron chi connectivity index (χ4n) is 3.32. The number of carboxylic acid groups (broad SMARTS) is 1. The first-order valence-corrected chi connectivity index (χ1v) is 9.34. The van der Waals surface area contributed by atoms with Gasteiger partial charge in [-0.15, -0.1) is 0 Å². The highest BCUT2D eigenvalue weighted by Crippen LogP contribution is 2.24. The molecule has 6 nitrogen and oxygen atoms in total. The molecule has 0 radical (unpaired) electrons. The number of aryl methyl sites for hydroxylation is 1. The predicted octanol–water partition coefficient (Wildman–Crippen LogP) is 3.31. The van der Waals surface area contributed by atoms with Gasteiger partial charge in [-0.05, 0) is 43.5 Å². The van der Waals surface area contributed by atoms with Gasteiger partial charge < -0.3 is 15.3 Å². The summed E-state index contributed by atoms with van der Waals surface area (Å²) >= 11 is 0. The maximum absolute atomic E-state index is 12.7. The normalized spacial score (nSPS) is 17.4. The van der Waals surface area contributed by atoms with Crippen LogP contribution >= 0.6 is 0 Å². The molecule has 6 heteroatoms. The summed E-state index contributed by atoms with van der Waals surface area (Å²) in [6, 6.07) is 14.2. The van der Waals surface area contributed by atoms with E-state index in [1.54, 1.807) is 36.1 Å². The Bertz CT molecular complexity index is 874. The van der Waals surface area contributed by atoms with Crippen molar-refractivity contribution < 1.29 is 19.5 Å². The molecule has 1 aliphatic rings. The van der Waals surface area contributed by atoms with Crippen LogP contribution in [0.25, 0.3) is 0 Å². The molecule has 1 fully saturated rings. The lowest BCUT2D eigenvalue weighted by atomic mass is 10.0. The zero-order valence-corrected chi connectivity index (χ0v) is 16.0. The maximum atomic E-state index is 12.7. The van der Waals surface area contributed by atoms with Gasteiger partial charge in [0, 0.05) is 18.7 Å². The Kier molecular flexibility index (Phi) is 5.78. The van der Waals surface area contributed by atoms with E-state index in [1.807, 2.05) is 31.2 Å². The summed E-state index contributed by atoms with van der Waals surface area (Å²) in [5, 5.41) is 11.9. The molecule has 2 atom stereocenters. The van der Waals surface area contributed by atoms with Crippen molar-refractivity contribution in [3.05, 3.63) is 65.2 Å². The maximum Gasteiger partial charge on any atom is 0.310 e. The molecule has 0 saturated carbocycles. The molecule has 0 spiro atoms. The summed E-state index contributed by atoms with van der Waals surface area (Å²) in [6.45, 7) is 4.03. The van der Waals surface area contributed by atoms with Crippen molar-refractivity contribution in [2.75, 3.05) is 5.32 Å². The van der Waals surface area contributed by atoms with Crippen LogP contribution in [-0.4, -0.2) is 33.8 Å². The highest BCUT2D eigenvalue weighted by atomic mass is 16.4. The third-order valence-electron chi connectivity index (χ3n) is 5.15. The Hall–Kier alpha value is -3.15. The van der Waals surface area contributed by atoms with Gasteiger partial charge in [0.15, 0.2) is 0 Å². The first kappa shape index (κ1) is 19.6. The van der Waals surface area contributed by atoms with Gasteiger partial charge in [0.05, 0.1) is 5.92 Å². The number of hydrogen-bond acceptors (Lipinski definition) is 3. The van der Waals surface area contributed by atoms with Crippen molar-refractivity contribution in [3.63, 3.8) is 0 Å². The van der Waals surface area contributed by atoms with Gasteiger partial charge in [-0.2, -0.15) is 0 Å². The average Bonchev–Trinajstić information content (AvgIpc) is 3.04. The summed E-state index contributed by atoms with van der Waals surface area (Å²) in [5.41, 5.74) is 3.39. The monoisotopic (exact) mass is 380 g/mol. The summed E-state index contributed by atoms with van der Waals surface area (Å²) in [4.78, 5) is 37.7. The fourth-order valence-corrected chi connectivity index (χ4v) is 3.32. The van der Waals surface area contributed by atoms with Crippen LogP contribution in [0.4, 0.5) is 5.69 Å². The van der Waals surface area contributed by atoms with E-state index >= 15 is 0 Å². The number of carboxylic acids is 1. The van der Waals surface area contributed by atoms with Gasteiger partial charge in [0.25, 0.3) is 0 Å². The number of carbonyl (C=O) groups excluding carboxylic acids is 2. The number of likely N-dealkylation sites (tertiary alicyclic amines) is 1. The topological polar surface area (TPSA) is 86.7 Å². The van der Waals surface area contributed by atoms with Gasteiger partial charge >= 0.3 is 5.97 Å². The number of aliphatic carboxylic acids is 1. The molecule has 0 bridgehead atoms. The van der Waals surface area contributed by atoms with Crippen molar-refractivity contribution >= 4 is 23.5 Å². The summed E-state index contributed by atoms with van der Waals surface area (Å²) in [6.07, 6.45) is 0.851. The van der Waals surface area contributed by atoms with Crippen molar-refractivity contribution in [3.8, 4) is 0 Å². The number of nitrogens with zero attached hydrogens (tertiary/aromatic N) is 1. The van der Waals surface area contributed by atoms with E-state index < -0.39 is 17.9 Å². The molecule has 2 aromatic rings. The van der Waals surface area contributed by atoms with E-state index in [2.05, 4.69) is 5.32 Å². The van der Waals surface area contributed by atoms with Crippen LogP contribution in [0.15, 0.2) is 48.5 Å². The van der Waals surface area contributed by atoms with Crippen LogP contribution in [-0.2, 0) is 20.9 Å².